The Balaban J connectivity index is 3.69. The summed E-state index contributed by atoms with van der Waals surface area (Å²) in [6.07, 6.45) is 3.56. The zero-order chi connectivity index (χ0) is 14.6. The minimum absolute atomic E-state index is 0.182. The molecule has 0 bridgehead atoms. The van der Waals surface area contributed by atoms with E-state index in [1.807, 2.05) is 13.8 Å². The summed E-state index contributed by atoms with van der Waals surface area (Å²) < 4.78 is 15.5. The van der Waals surface area contributed by atoms with Crippen LogP contribution in [0.2, 0.25) is 0 Å². The van der Waals surface area contributed by atoms with Crippen molar-refractivity contribution in [3.8, 4) is 0 Å². The second kappa shape index (κ2) is 11.2. The maximum atomic E-state index is 11.8. The maximum Gasteiger partial charge on any atom is 0.326 e. The molecular weight excluding hydrogens is 246 g/mol. The van der Waals surface area contributed by atoms with Crippen LogP contribution < -0.4 is 5.32 Å². The molecule has 0 saturated heterocycles. The predicted molar refractivity (Wildman–Crippen MR) is 75.3 cm³/mol. The van der Waals surface area contributed by atoms with Crippen molar-refractivity contribution in [1.29, 1.82) is 0 Å². The van der Waals surface area contributed by atoms with E-state index < -0.39 is 5.54 Å². The Bertz CT molecular complexity index is 235. The minimum atomic E-state index is -0.591. The van der Waals surface area contributed by atoms with E-state index in [1.165, 1.54) is 0 Å². The Morgan fingerprint density at radius 3 is 2.42 bits per heavy atom. The first-order chi connectivity index (χ1) is 9.10. The van der Waals surface area contributed by atoms with Crippen molar-refractivity contribution in [3.63, 3.8) is 0 Å². The lowest BCUT2D eigenvalue weighted by Crippen LogP contribution is -2.48. The van der Waals surface area contributed by atoms with Crippen molar-refractivity contribution < 1.29 is 19.0 Å². The van der Waals surface area contributed by atoms with Crippen LogP contribution in [0.4, 0.5) is 0 Å². The lowest BCUT2D eigenvalue weighted by molar-refractivity contribution is -0.150. The van der Waals surface area contributed by atoms with Gasteiger partial charge in [0.2, 0.25) is 0 Å². The normalized spacial score (nSPS) is 14.1. The molecule has 0 aromatic carbocycles. The van der Waals surface area contributed by atoms with E-state index >= 15 is 0 Å². The van der Waals surface area contributed by atoms with Gasteiger partial charge in [-0.1, -0.05) is 0 Å². The van der Waals surface area contributed by atoms with Crippen molar-refractivity contribution in [2.75, 3.05) is 40.6 Å². The molecular formula is C14H29NO4. The van der Waals surface area contributed by atoms with Crippen LogP contribution in [0.15, 0.2) is 0 Å². The van der Waals surface area contributed by atoms with Gasteiger partial charge in [-0.25, -0.2) is 0 Å². The first-order valence-corrected chi connectivity index (χ1v) is 7.03. The van der Waals surface area contributed by atoms with E-state index in [1.54, 1.807) is 14.2 Å². The van der Waals surface area contributed by atoms with Crippen LogP contribution in [0.1, 0.15) is 39.5 Å². The van der Waals surface area contributed by atoms with E-state index in [0.29, 0.717) is 6.61 Å². The third-order valence-corrected chi connectivity index (χ3v) is 3.13. The Morgan fingerprint density at radius 1 is 1.16 bits per heavy atom. The van der Waals surface area contributed by atoms with Gasteiger partial charge >= 0.3 is 5.97 Å². The Morgan fingerprint density at radius 2 is 1.84 bits per heavy atom. The average Bonchev–Trinajstić information content (AvgIpc) is 2.41. The Hall–Kier alpha value is -0.650. The third-order valence-electron chi connectivity index (χ3n) is 3.13. The zero-order valence-electron chi connectivity index (χ0n) is 12.8. The standard InChI is InChI=1S/C14H29NO4/c1-5-19-13(16)14(2,15-3)9-6-7-11-18-12-8-10-17-4/h15H,5-12H2,1-4H3. The monoisotopic (exact) mass is 275 g/mol. The van der Waals surface area contributed by atoms with Crippen LogP contribution in [0, 0.1) is 0 Å². The van der Waals surface area contributed by atoms with Crippen molar-refractivity contribution >= 4 is 5.97 Å². The molecule has 1 N–H and O–H groups in total. The predicted octanol–water partition coefficient (Wildman–Crippen LogP) is 1.75. The van der Waals surface area contributed by atoms with Gasteiger partial charge in [-0.15, -0.1) is 0 Å². The first-order valence-electron chi connectivity index (χ1n) is 7.03. The highest BCUT2D eigenvalue weighted by atomic mass is 16.5. The molecule has 0 heterocycles. The van der Waals surface area contributed by atoms with Crippen LogP contribution in [-0.2, 0) is 19.0 Å². The van der Waals surface area contributed by atoms with Gasteiger partial charge < -0.3 is 19.5 Å². The number of hydrogen-bond acceptors (Lipinski definition) is 5. The average molecular weight is 275 g/mol. The molecule has 5 heteroatoms. The molecule has 114 valence electrons. The minimum Gasteiger partial charge on any atom is -0.465 e. The van der Waals surface area contributed by atoms with Gasteiger partial charge in [0.15, 0.2) is 0 Å². The molecule has 0 radical (unpaired) electrons. The fraction of sp³-hybridized carbons (Fsp3) is 0.929. The summed E-state index contributed by atoms with van der Waals surface area (Å²) in [6.45, 7) is 6.31. The summed E-state index contributed by atoms with van der Waals surface area (Å²) in [5.74, 6) is -0.182. The Labute approximate surface area is 117 Å². The largest absolute Gasteiger partial charge is 0.465 e. The molecule has 0 aliphatic carbocycles. The highest BCUT2D eigenvalue weighted by Gasteiger charge is 2.31. The number of ether oxygens (including phenoxy) is 3. The number of unbranched alkanes of at least 4 members (excludes halogenated alkanes) is 1. The van der Waals surface area contributed by atoms with Gasteiger partial charge in [-0.2, -0.15) is 0 Å². The summed E-state index contributed by atoms with van der Waals surface area (Å²) in [4.78, 5) is 11.8. The summed E-state index contributed by atoms with van der Waals surface area (Å²) in [5, 5.41) is 3.05. The number of methoxy groups -OCH3 is 1. The van der Waals surface area contributed by atoms with Crippen molar-refractivity contribution in [3.05, 3.63) is 0 Å². The van der Waals surface area contributed by atoms with Gasteiger partial charge in [0, 0.05) is 26.9 Å². The summed E-state index contributed by atoms with van der Waals surface area (Å²) in [5.41, 5.74) is -0.591. The number of nitrogens with one attached hydrogen (secondary N) is 1. The van der Waals surface area contributed by atoms with E-state index in [4.69, 9.17) is 14.2 Å². The molecule has 19 heavy (non-hydrogen) atoms. The summed E-state index contributed by atoms with van der Waals surface area (Å²) in [6, 6.07) is 0. The third kappa shape index (κ3) is 8.18. The second-order valence-corrected chi connectivity index (χ2v) is 4.72. The topological polar surface area (TPSA) is 56.8 Å². The van der Waals surface area contributed by atoms with Gasteiger partial charge in [0.1, 0.15) is 5.54 Å². The van der Waals surface area contributed by atoms with Gasteiger partial charge in [-0.3, -0.25) is 4.79 Å². The van der Waals surface area contributed by atoms with Crippen molar-refractivity contribution in [2.24, 2.45) is 0 Å². The molecule has 0 amide bonds. The van der Waals surface area contributed by atoms with Gasteiger partial charge in [-0.05, 0) is 46.6 Å². The van der Waals surface area contributed by atoms with Gasteiger partial charge in [0.25, 0.3) is 0 Å². The number of carbonyl (C=O) groups excluding carboxylic acids is 1. The van der Waals surface area contributed by atoms with Crippen LogP contribution >= 0.6 is 0 Å². The fourth-order valence-corrected chi connectivity index (χ4v) is 1.71. The van der Waals surface area contributed by atoms with E-state index in [2.05, 4.69) is 5.32 Å². The van der Waals surface area contributed by atoms with Crippen LogP contribution in [0.5, 0.6) is 0 Å². The number of esters is 1. The second-order valence-electron chi connectivity index (χ2n) is 4.72. The number of likely N-dealkylation sites (N-methyl/N-ethyl adjacent to an activating group) is 1. The quantitative estimate of drug-likeness (QED) is 0.434. The van der Waals surface area contributed by atoms with Crippen LogP contribution in [0.3, 0.4) is 0 Å². The molecule has 0 aromatic heterocycles. The molecule has 1 atom stereocenters. The summed E-state index contributed by atoms with van der Waals surface area (Å²) in [7, 11) is 3.48. The molecule has 0 aromatic rings. The Kier molecular flexibility index (Phi) is 10.8. The van der Waals surface area contributed by atoms with Crippen molar-refractivity contribution in [2.45, 2.75) is 45.1 Å². The summed E-state index contributed by atoms with van der Waals surface area (Å²) >= 11 is 0. The zero-order valence-corrected chi connectivity index (χ0v) is 12.8. The number of hydrogen-bond donors (Lipinski definition) is 1. The molecule has 0 rings (SSSR count). The molecule has 0 spiro atoms. The first kappa shape index (κ1) is 18.4. The highest BCUT2D eigenvalue weighted by Crippen LogP contribution is 2.15. The lowest BCUT2D eigenvalue weighted by atomic mass is 9.95. The molecule has 0 aliphatic heterocycles. The van der Waals surface area contributed by atoms with E-state index in [9.17, 15) is 4.79 Å². The van der Waals surface area contributed by atoms with Gasteiger partial charge in [0.05, 0.1) is 6.61 Å². The lowest BCUT2D eigenvalue weighted by Gasteiger charge is -2.26. The van der Waals surface area contributed by atoms with E-state index in [-0.39, 0.29) is 5.97 Å². The molecule has 0 fully saturated rings. The number of rotatable bonds is 12. The number of carbonyl (C=O) groups is 1. The van der Waals surface area contributed by atoms with Crippen LogP contribution in [0.25, 0.3) is 0 Å². The molecule has 1 unspecified atom stereocenters. The molecule has 0 aliphatic rings. The smallest absolute Gasteiger partial charge is 0.326 e. The van der Waals surface area contributed by atoms with Crippen molar-refractivity contribution in [1.82, 2.24) is 5.32 Å². The molecule has 0 saturated carbocycles. The molecule has 5 nitrogen and oxygen atoms in total. The van der Waals surface area contributed by atoms with Crippen LogP contribution in [-0.4, -0.2) is 52.1 Å². The highest BCUT2D eigenvalue weighted by molar-refractivity contribution is 5.80. The maximum absolute atomic E-state index is 11.8. The van der Waals surface area contributed by atoms with E-state index in [0.717, 1.165) is 45.5 Å². The SMILES string of the molecule is CCOC(=O)C(C)(CCCCOCCCOC)NC. The fourth-order valence-electron chi connectivity index (χ4n) is 1.71.